The number of nitrogens with one attached hydrogen (secondary N) is 1. The van der Waals surface area contributed by atoms with Gasteiger partial charge in [-0.05, 0) is 68.5 Å². The average molecular weight is 271 g/mol. The van der Waals surface area contributed by atoms with E-state index in [1.54, 1.807) is 11.1 Å². The molecule has 1 nitrogen and oxygen atoms in total. The lowest BCUT2D eigenvalue weighted by Gasteiger charge is -2.38. The van der Waals surface area contributed by atoms with E-state index in [2.05, 4.69) is 36.5 Å². The quantitative estimate of drug-likeness (QED) is 0.832. The van der Waals surface area contributed by atoms with Crippen molar-refractivity contribution in [2.45, 2.75) is 76.2 Å². The summed E-state index contributed by atoms with van der Waals surface area (Å²) in [5.74, 6) is 0.783. The summed E-state index contributed by atoms with van der Waals surface area (Å²) in [6.45, 7) is 3.61. The number of benzene rings is 1. The number of aryl methyl sites for hydroxylation is 1. The minimum atomic E-state index is 0.408. The third kappa shape index (κ3) is 2.93. The Morgan fingerprint density at radius 3 is 2.95 bits per heavy atom. The number of rotatable bonds is 3. The zero-order valence-corrected chi connectivity index (χ0v) is 13.0. The Labute approximate surface area is 124 Å². The molecule has 20 heavy (non-hydrogen) atoms. The standard InChI is InChI=1S/C19H29N/c1-2-19(13-6-3-7-14-20-19)15-17-11-8-10-16-9-4-5-12-18(16)17/h4-5,9,12,17,20H,2-3,6-8,10-11,13-15H2,1H3. The molecule has 1 aliphatic carbocycles. The summed E-state index contributed by atoms with van der Waals surface area (Å²) in [6.07, 6.45) is 12.3. The van der Waals surface area contributed by atoms with Gasteiger partial charge in [0.05, 0.1) is 0 Å². The van der Waals surface area contributed by atoms with E-state index in [9.17, 15) is 0 Å². The van der Waals surface area contributed by atoms with Crippen LogP contribution in [0.1, 0.15) is 75.3 Å². The minimum Gasteiger partial charge on any atom is -0.311 e. The van der Waals surface area contributed by atoms with E-state index in [0.29, 0.717) is 5.54 Å². The number of hydrogen-bond donors (Lipinski definition) is 1. The van der Waals surface area contributed by atoms with Crippen molar-refractivity contribution in [3.05, 3.63) is 35.4 Å². The molecule has 1 saturated heterocycles. The number of hydrogen-bond acceptors (Lipinski definition) is 1. The first-order chi connectivity index (χ1) is 9.83. The molecule has 1 aromatic rings. The molecule has 0 spiro atoms. The topological polar surface area (TPSA) is 12.0 Å². The van der Waals surface area contributed by atoms with Gasteiger partial charge in [-0.25, -0.2) is 0 Å². The first kappa shape index (κ1) is 14.1. The highest BCUT2D eigenvalue weighted by Crippen LogP contribution is 2.40. The van der Waals surface area contributed by atoms with Crippen molar-refractivity contribution < 1.29 is 0 Å². The van der Waals surface area contributed by atoms with E-state index in [-0.39, 0.29) is 0 Å². The Balaban J connectivity index is 1.79. The molecule has 110 valence electrons. The maximum absolute atomic E-state index is 3.92. The van der Waals surface area contributed by atoms with Crippen molar-refractivity contribution in [1.29, 1.82) is 0 Å². The second-order valence-corrected chi connectivity index (χ2v) is 6.86. The van der Waals surface area contributed by atoms with Gasteiger partial charge in [-0.2, -0.15) is 0 Å². The van der Waals surface area contributed by atoms with Gasteiger partial charge in [-0.3, -0.25) is 0 Å². The molecule has 2 atom stereocenters. The van der Waals surface area contributed by atoms with Crippen molar-refractivity contribution >= 4 is 0 Å². The molecule has 2 aliphatic rings. The molecule has 0 aromatic heterocycles. The van der Waals surface area contributed by atoms with Crippen LogP contribution in [-0.4, -0.2) is 12.1 Å². The summed E-state index contributed by atoms with van der Waals surface area (Å²) >= 11 is 0. The summed E-state index contributed by atoms with van der Waals surface area (Å²) in [4.78, 5) is 0. The van der Waals surface area contributed by atoms with Crippen LogP contribution in [-0.2, 0) is 6.42 Å². The second kappa shape index (κ2) is 6.30. The zero-order chi connectivity index (χ0) is 13.8. The van der Waals surface area contributed by atoms with Crippen LogP contribution in [0.4, 0.5) is 0 Å². The van der Waals surface area contributed by atoms with Gasteiger partial charge in [-0.1, -0.05) is 44.0 Å². The molecule has 3 rings (SSSR count). The monoisotopic (exact) mass is 271 g/mol. The van der Waals surface area contributed by atoms with E-state index in [4.69, 9.17) is 0 Å². The third-order valence-electron chi connectivity index (χ3n) is 5.64. The fourth-order valence-electron chi connectivity index (χ4n) is 4.37. The Bertz CT molecular complexity index is 429. The zero-order valence-electron chi connectivity index (χ0n) is 13.0. The summed E-state index contributed by atoms with van der Waals surface area (Å²) in [5, 5.41) is 3.92. The van der Waals surface area contributed by atoms with Gasteiger partial charge < -0.3 is 5.32 Å². The van der Waals surface area contributed by atoms with Crippen LogP contribution in [0.3, 0.4) is 0 Å². The van der Waals surface area contributed by atoms with E-state index < -0.39 is 0 Å². The SMILES string of the molecule is CCC1(CC2CCCc3ccccc32)CCCCCN1. The Hall–Kier alpha value is -0.820. The summed E-state index contributed by atoms with van der Waals surface area (Å²) < 4.78 is 0. The highest BCUT2D eigenvalue weighted by atomic mass is 15.0. The molecule has 1 N–H and O–H groups in total. The molecule has 0 amide bonds. The highest BCUT2D eigenvalue weighted by Gasteiger charge is 2.33. The molecule has 1 aromatic carbocycles. The van der Waals surface area contributed by atoms with Crippen LogP contribution < -0.4 is 5.32 Å². The molecule has 2 unspecified atom stereocenters. The Kier molecular flexibility index (Phi) is 4.45. The van der Waals surface area contributed by atoms with Gasteiger partial charge in [0, 0.05) is 5.54 Å². The van der Waals surface area contributed by atoms with Gasteiger partial charge in [0.25, 0.3) is 0 Å². The Morgan fingerprint density at radius 2 is 2.05 bits per heavy atom. The van der Waals surface area contributed by atoms with Crippen LogP contribution in [0.15, 0.2) is 24.3 Å². The fourth-order valence-corrected chi connectivity index (χ4v) is 4.37. The van der Waals surface area contributed by atoms with Crippen molar-refractivity contribution in [3.63, 3.8) is 0 Å². The Morgan fingerprint density at radius 1 is 1.15 bits per heavy atom. The lowest BCUT2D eigenvalue weighted by Crippen LogP contribution is -2.45. The predicted molar refractivity (Wildman–Crippen MR) is 86.2 cm³/mol. The van der Waals surface area contributed by atoms with Crippen molar-refractivity contribution in [3.8, 4) is 0 Å². The predicted octanol–water partition coefficient (Wildman–Crippen LogP) is 4.81. The van der Waals surface area contributed by atoms with Crippen LogP contribution >= 0.6 is 0 Å². The normalized spacial score (nSPS) is 30.6. The first-order valence-corrected chi connectivity index (χ1v) is 8.66. The van der Waals surface area contributed by atoms with Gasteiger partial charge in [0.2, 0.25) is 0 Å². The maximum Gasteiger partial charge on any atom is 0.0184 e. The first-order valence-electron chi connectivity index (χ1n) is 8.66. The summed E-state index contributed by atoms with van der Waals surface area (Å²) in [7, 11) is 0. The molecule has 0 saturated carbocycles. The maximum atomic E-state index is 3.92. The van der Waals surface area contributed by atoms with E-state index in [1.807, 2.05) is 0 Å². The molecular formula is C19H29N. The lowest BCUT2D eigenvalue weighted by molar-refractivity contribution is 0.253. The fraction of sp³-hybridized carbons (Fsp3) is 0.684. The third-order valence-corrected chi connectivity index (χ3v) is 5.64. The van der Waals surface area contributed by atoms with Crippen LogP contribution in [0, 0.1) is 0 Å². The van der Waals surface area contributed by atoms with Crippen LogP contribution in [0.5, 0.6) is 0 Å². The minimum absolute atomic E-state index is 0.408. The van der Waals surface area contributed by atoms with E-state index in [1.165, 1.54) is 64.3 Å². The second-order valence-electron chi connectivity index (χ2n) is 6.86. The van der Waals surface area contributed by atoms with Gasteiger partial charge in [0.15, 0.2) is 0 Å². The molecule has 1 heterocycles. The molecule has 0 radical (unpaired) electrons. The molecule has 0 bridgehead atoms. The van der Waals surface area contributed by atoms with Crippen molar-refractivity contribution in [1.82, 2.24) is 5.32 Å². The van der Waals surface area contributed by atoms with E-state index >= 15 is 0 Å². The van der Waals surface area contributed by atoms with E-state index in [0.717, 1.165) is 5.92 Å². The summed E-state index contributed by atoms with van der Waals surface area (Å²) in [5.41, 5.74) is 3.67. The van der Waals surface area contributed by atoms with Crippen molar-refractivity contribution in [2.75, 3.05) is 6.54 Å². The average Bonchev–Trinajstić information content (AvgIpc) is 2.74. The molecule has 1 aliphatic heterocycles. The highest BCUT2D eigenvalue weighted by molar-refractivity contribution is 5.33. The van der Waals surface area contributed by atoms with Crippen LogP contribution in [0.25, 0.3) is 0 Å². The number of fused-ring (bicyclic) bond motifs is 1. The van der Waals surface area contributed by atoms with Crippen molar-refractivity contribution in [2.24, 2.45) is 0 Å². The molecule has 1 heteroatoms. The van der Waals surface area contributed by atoms with Gasteiger partial charge >= 0.3 is 0 Å². The summed E-state index contributed by atoms with van der Waals surface area (Å²) in [6, 6.07) is 9.18. The van der Waals surface area contributed by atoms with Gasteiger partial charge in [-0.15, -0.1) is 0 Å². The molecule has 1 fully saturated rings. The van der Waals surface area contributed by atoms with Crippen LogP contribution in [0.2, 0.25) is 0 Å². The lowest BCUT2D eigenvalue weighted by atomic mass is 9.73. The smallest absolute Gasteiger partial charge is 0.0184 e. The molecular weight excluding hydrogens is 242 g/mol. The largest absolute Gasteiger partial charge is 0.311 e. The van der Waals surface area contributed by atoms with Gasteiger partial charge in [0.1, 0.15) is 0 Å².